The summed E-state index contributed by atoms with van der Waals surface area (Å²) in [6, 6.07) is 0.404. The quantitative estimate of drug-likeness (QED) is 0.841. The first-order valence-electron chi connectivity index (χ1n) is 5.97. The summed E-state index contributed by atoms with van der Waals surface area (Å²) in [4.78, 5) is 11.0. The summed E-state index contributed by atoms with van der Waals surface area (Å²) in [6.45, 7) is 3.24. The van der Waals surface area contributed by atoms with Crippen molar-refractivity contribution in [2.24, 2.45) is 0 Å². The molecule has 88 valence electrons. The SMILES string of the molecule is Cc1cnc(N2CCCCC2CCO)nc1. The second-order valence-corrected chi connectivity index (χ2v) is 4.42. The fraction of sp³-hybridized carbons (Fsp3) is 0.667. The topological polar surface area (TPSA) is 49.2 Å². The number of nitrogens with zero attached hydrogens (tertiary/aromatic N) is 3. The van der Waals surface area contributed by atoms with E-state index in [2.05, 4.69) is 14.9 Å². The molecule has 0 amide bonds. The van der Waals surface area contributed by atoms with Gasteiger partial charge in [0.05, 0.1) is 0 Å². The third kappa shape index (κ3) is 2.50. The summed E-state index contributed by atoms with van der Waals surface area (Å²) in [5, 5.41) is 9.06. The first kappa shape index (κ1) is 11.3. The average molecular weight is 221 g/mol. The molecule has 1 saturated heterocycles. The zero-order valence-electron chi connectivity index (χ0n) is 9.76. The Morgan fingerprint density at radius 1 is 1.38 bits per heavy atom. The van der Waals surface area contributed by atoms with E-state index in [0.29, 0.717) is 6.04 Å². The fourth-order valence-electron chi connectivity index (χ4n) is 2.25. The molecule has 0 aliphatic carbocycles. The molecule has 4 nitrogen and oxygen atoms in total. The normalized spacial score (nSPS) is 21.1. The highest BCUT2D eigenvalue weighted by Crippen LogP contribution is 2.23. The third-order valence-corrected chi connectivity index (χ3v) is 3.11. The maximum atomic E-state index is 9.06. The number of anilines is 1. The largest absolute Gasteiger partial charge is 0.396 e. The van der Waals surface area contributed by atoms with Crippen molar-refractivity contribution in [3.8, 4) is 0 Å². The summed E-state index contributed by atoms with van der Waals surface area (Å²) in [7, 11) is 0. The summed E-state index contributed by atoms with van der Waals surface area (Å²) >= 11 is 0. The summed E-state index contributed by atoms with van der Waals surface area (Å²) in [6.07, 6.45) is 8.10. The van der Waals surface area contributed by atoms with Gasteiger partial charge in [-0.3, -0.25) is 0 Å². The van der Waals surface area contributed by atoms with Gasteiger partial charge in [-0.15, -0.1) is 0 Å². The average Bonchev–Trinajstić information content (AvgIpc) is 2.32. The highest BCUT2D eigenvalue weighted by molar-refractivity contribution is 5.32. The minimum atomic E-state index is 0.243. The van der Waals surface area contributed by atoms with Crippen molar-refractivity contribution in [3.63, 3.8) is 0 Å². The zero-order chi connectivity index (χ0) is 11.4. The van der Waals surface area contributed by atoms with Crippen molar-refractivity contribution in [2.75, 3.05) is 18.1 Å². The Morgan fingerprint density at radius 3 is 2.81 bits per heavy atom. The van der Waals surface area contributed by atoms with Crippen LogP contribution in [0.25, 0.3) is 0 Å². The number of aromatic nitrogens is 2. The first-order chi connectivity index (χ1) is 7.81. The van der Waals surface area contributed by atoms with Crippen LogP contribution in [0, 0.1) is 6.92 Å². The van der Waals surface area contributed by atoms with E-state index < -0.39 is 0 Å². The molecule has 2 rings (SSSR count). The van der Waals surface area contributed by atoms with Gasteiger partial charge in [0.1, 0.15) is 0 Å². The number of rotatable bonds is 3. The van der Waals surface area contributed by atoms with Crippen LogP contribution in [0.2, 0.25) is 0 Å². The van der Waals surface area contributed by atoms with Crippen LogP contribution in [0.4, 0.5) is 5.95 Å². The van der Waals surface area contributed by atoms with Crippen LogP contribution in [0.5, 0.6) is 0 Å². The molecule has 1 aromatic rings. The zero-order valence-corrected chi connectivity index (χ0v) is 9.76. The molecule has 1 atom stereocenters. The monoisotopic (exact) mass is 221 g/mol. The van der Waals surface area contributed by atoms with Gasteiger partial charge in [0, 0.05) is 31.6 Å². The molecule has 0 aromatic carbocycles. The molecule has 16 heavy (non-hydrogen) atoms. The molecule has 2 heterocycles. The van der Waals surface area contributed by atoms with Gasteiger partial charge in [-0.25, -0.2) is 9.97 Å². The van der Waals surface area contributed by atoms with Crippen LogP contribution in [-0.2, 0) is 0 Å². The number of aryl methyl sites for hydroxylation is 1. The Labute approximate surface area is 96.3 Å². The lowest BCUT2D eigenvalue weighted by molar-refractivity contribution is 0.261. The summed E-state index contributed by atoms with van der Waals surface area (Å²) < 4.78 is 0. The Kier molecular flexibility index (Phi) is 3.72. The number of piperidine rings is 1. The second kappa shape index (κ2) is 5.25. The van der Waals surface area contributed by atoms with Gasteiger partial charge in [-0.2, -0.15) is 0 Å². The van der Waals surface area contributed by atoms with Gasteiger partial charge in [0.15, 0.2) is 0 Å². The lowest BCUT2D eigenvalue weighted by Gasteiger charge is -2.35. The third-order valence-electron chi connectivity index (χ3n) is 3.11. The van der Waals surface area contributed by atoms with Crippen molar-refractivity contribution in [3.05, 3.63) is 18.0 Å². The molecule has 1 aromatic heterocycles. The van der Waals surface area contributed by atoms with Crippen molar-refractivity contribution in [1.82, 2.24) is 9.97 Å². The van der Waals surface area contributed by atoms with Crippen LogP contribution in [-0.4, -0.2) is 34.3 Å². The van der Waals surface area contributed by atoms with Crippen LogP contribution in [0.15, 0.2) is 12.4 Å². The number of aliphatic hydroxyl groups is 1. The Balaban J connectivity index is 2.13. The molecule has 1 aliphatic rings. The van der Waals surface area contributed by atoms with E-state index in [0.717, 1.165) is 30.9 Å². The van der Waals surface area contributed by atoms with E-state index in [1.807, 2.05) is 19.3 Å². The highest BCUT2D eigenvalue weighted by atomic mass is 16.3. The van der Waals surface area contributed by atoms with Crippen LogP contribution >= 0.6 is 0 Å². The summed E-state index contributed by atoms with van der Waals surface area (Å²) in [5.41, 5.74) is 1.08. The van der Waals surface area contributed by atoms with E-state index in [9.17, 15) is 0 Å². The van der Waals surface area contributed by atoms with Crippen molar-refractivity contribution in [1.29, 1.82) is 0 Å². The van der Waals surface area contributed by atoms with Crippen molar-refractivity contribution < 1.29 is 5.11 Å². The van der Waals surface area contributed by atoms with E-state index in [1.54, 1.807) is 0 Å². The predicted octanol–water partition coefficient (Wildman–Crippen LogP) is 1.53. The first-order valence-corrected chi connectivity index (χ1v) is 5.97. The molecule has 1 aliphatic heterocycles. The van der Waals surface area contributed by atoms with E-state index in [1.165, 1.54) is 12.8 Å². The molecule has 1 fully saturated rings. The molecule has 0 radical (unpaired) electrons. The lowest BCUT2D eigenvalue weighted by atomic mass is 10.0. The molecule has 0 saturated carbocycles. The number of hydrogen-bond acceptors (Lipinski definition) is 4. The number of hydrogen-bond donors (Lipinski definition) is 1. The van der Waals surface area contributed by atoms with Gasteiger partial charge in [-0.1, -0.05) is 0 Å². The molecule has 0 bridgehead atoms. The lowest BCUT2D eigenvalue weighted by Crippen LogP contribution is -2.41. The minimum Gasteiger partial charge on any atom is -0.396 e. The summed E-state index contributed by atoms with van der Waals surface area (Å²) in [5.74, 6) is 0.809. The number of aliphatic hydroxyl groups excluding tert-OH is 1. The smallest absolute Gasteiger partial charge is 0.225 e. The second-order valence-electron chi connectivity index (χ2n) is 4.42. The van der Waals surface area contributed by atoms with Gasteiger partial charge in [0.2, 0.25) is 5.95 Å². The van der Waals surface area contributed by atoms with Crippen LogP contribution < -0.4 is 4.90 Å². The van der Waals surface area contributed by atoms with Gasteiger partial charge < -0.3 is 10.0 Å². The van der Waals surface area contributed by atoms with Gasteiger partial charge in [0.25, 0.3) is 0 Å². The van der Waals surface area contributed by atoms with E-state index in [-0.39, 0.29) is 6.61 Å². The molecule has 4 heteroatoms. The van der Waals surface area contributed by atoms with Crippen LogP contribution in [0.1, 0.15) is 31.2 Å². The Hall–Kier alpha value is -1.16. The van der Waals surface area contributed by atoms with Crippen LogP contribution in [0.3, 0.4) is 0 Å². The standard InChI is InChI=1S/C12H19N3O/c1-10-8-13-12(14-9-10)15-6-3-2-4-11(15)5-7-16/h8-9,11,16H,2-7H2,1H3. The highest BCUT2D eigenvalue weighted by Gasteiger charge is 2.23. The molecule has 1 N–H and O–H groups in total. The predicted molar refractivity (Wildman–Crippen MR) is 63.5 cm³/mol. The molecule has 0 spiro atoms. The maximum Gasteiger partial charge on any atom is 0.225 e. The molecular weight excluding hydrogens is 202 g/mol. The van der Waals surface area contributed by atoms with Crippen molar-refractivity contribution >= 4 is 5.95 Å². The van der Waals surface area contributed by atoms with E-state index >= 15 is 0 Å². The molecular formula is C12H19N3O. The minimum absolute atomic E-state index is 0.243. The van der Waals surface area contributed by atoms with E-state index in [4.69, 9.17) is 5.11 Å². The maximum absolute atomic E-state index is 9.06. The van der Waals surface area contributed by atoms with Gasteiger partial charge in [-0.05, 0) is 38.2 Å². The van der Waals surface area contributed by atoms with Gasteiger partial charge >= 0.3 is 0 Å². The fourth-order valence-corrected chi connectivity index (χ4v) is 2.25. The molecule has 1 unspecified atom stereocenters. The Morgan fingerprint density at radius 2 is 2.12 bits per heavy atom. The Bertz CT molecular complexity index is 324. The van der Waals surface area contributed by atoms with Crippen molar-refractivity contribution in [2.45, 2.75) is 38.6 Å².